The van der Waals surface area contributed by atoms with E-state index in [9.17, 15) is 13.2 Å². The highest BCUT2D eigenvalue weighted by atomic mass is 19.4. The quantitative estimate of drug-likeness (QED) is 0.500. The van der Waals surface area contributed by atoms with E-state index in [1.54, 1.807) is 0 Å². The molecule has 0 bridgehead atoms. The predicted molar refractivity (Wildman–Crippen MR) is 123 cm³/mol. The zero-order chi connectivity index (χ0) is 23.6. The zero-order valence-corrected chi connectivity index (χ0v) is 19.5. The van der Waals surface area contributed by atoms with E-state index in [1.165, 1.54) is 11.8 Å². The van der Waals surface area contributed by atoms with Crippen LogP contribution in [-0.2, 0) is 5.41 Å². The first kappa shape index (κ1) is 24.9. The summed E-state index contributed by atoms with van der Waals surface area (Å²) in [7, 11) is 0. The number of hydrogen-bond acceptors (Lipinski definition) is 3. The lowest BCUT2D eigenvalue weighted by atomic mass is 9.79. The number of anilines is 1. The molecule has 1 aliphatic rings. The molecule has 0 heterocycles. The average molecular weight is 436 g/mol. The Balaban J connectivity index is 2.41. The molecule has 1 aromatic carbocycles. The Morgan fingerprint density at radius 2 is 1.55 bits per heavy atom. The highest BCUT2D eigenvalue weighted by Crippen LogP contribution is 2.40. The summed E-state index contributed by atoms with van der Waals surface area (Å²) >= 11 is 0. The molecule has 3 nitrogen and oxygen atoms in total. The first-order chi connectivity index (χ1) is 14.2. The lowest BCUT2D eigenvalue weighted by molar-refractivity contribution is -0.0934. The van der Waals surface area contributed by atoms with E-state index in [-0.39, 0.29) is 23.3 Å². The number of nitrogens with zero attached hydrogens (tertiary/aromatic N) is 1. The van der Waals surface area contributed by atoms with Crippen LogP contribution in [0.15, 0.2) is 59.6 Å². The summed E-state index contributed by atoms with van der Waals surface area (Å²) in [4.78, 5) is 1.91. The maximum Gasteiger partial charge on any atom is 0.414 e. The van der Waals surface area contributed by atoms with Gasteiger partial charge in [0.25, 0.3) is 0 Å². The minimum Gasteiger partial charge on any atom is -0.404 e. The third-order valence-electron chi connectivity index (χ3n) is 5.44. The molecule has 0 aliphatic heterocycles. The summed E-state index contributed by atoms with van der Waals surface area (Å²) in [5.41, 5.74) is 14.2. The molecule has 1 aliphatic carbocycles. The molecule has 2 rings (SSSR count). The number of rotatable bonds is 6. The number of nitrogens with two attached hydrogens (primary N) is 2. The molecule has 4 N–H and O–H groups in total. The molecule has 0 fully saturated rings. The third-order valence-corrected chi connectivity index (χ3v) is 5.44. The fourth-order valence-electron chi connectivity index (χ4n) is 3.85. The summed E-state index contributed by atoms with van der Waals surface area (Å²) in [5.74, 6) is 0. The predicted octanol–water partition coefficient (Wildman–Crippen LogP) is 6.52. The highest BCUT2D eigenvalue weighted by Gasteiger charge is 2.36. The van der Waals surface area contributed by atoms with Crippen LogP contribution in [0.2, 0.25) is 0 Å². The van der Waals surface area contributed by atoms with Gasteiger partial charge in [-0.25, -0.2) is 0 Å². The van der Waals surface area contributed by atoms with Crippen molar-refractivity contribution >= 4 is 5.69 Å². The minimum atomic E-state index is -4.50. The number of halogens is 3. The van der Waals surface area contributed by atoms with E-state index >= 15 is 0 Å². The van der Waals surface area contributed by atoms with Gasteiger partial charge in [0.2, 0.25) is 0 Å². The number of benzene rings is 1. The van der Waals surface area contributed by atoms with Crippen LogP contribution in [0.1, 0.15) is 66.4 Å². The molecule has 172 valence electrons. The Morgan fingerprint density at radius 1 is 1.00 bits per heavy atom. The topological polar surface area (TPSA) is 55.3 Å². The maximum absolute atomic E-state index is 13.4. The van der Waals surface area contributed by atoms with Crippen molar-refractivity contribution in [1.29, 1.82) is 0 Å². The van der Waals surface area contributed by atoms with Gasteiger partial charge in [-0.2, -0.15) is 13.2 Å². The second-order valence-corrected chi connectivity index (χ2v) is 10.5. The monoisotopic (exact) mass is 435 g/mol. The van der Waals surface area contributed by atoms with Crippen molar-refractivity contribution in [2.24, 2.45) is 16.9 Å². The molecule has 1 aromatic rings. The SMILES string of the molecule is CC(C)(C)CC1=CC(N(/C(=C/N)C/C(=C/N)C(F)(F)F)c2ccc(C(C)(C)C)cc2)C1. The van der Waals surface area contributed by atoms with E-state index in [0.717, 1.165) is 24.1 Å². The Labute approximate surface area is 184 Å². The molecule has 31 heavy (non-hydrogen) atoms. The standard InChI is InChI=1S/C25H36F3N3/c1-23(2,3)14-17-11-21(12-17)31(20-9-7-18(8-10-20)24(4,5)6)22(16-30)13-19(15-29)25(26,27)28/h7-11,15-16,21H,12-14,29-30H2,1-6H3/b19-15-,22-16+. The van der Waals surface area contributed by atoms with E-state index in [4.69, 9.17) is 11.5 Å². The van der Waals surface area contributed by atoms with Gasteiger partial charge in [0.1, 0.15) is 0 Å². The fourth-order valence-corrected chi connectivity index (χ4v) is 3.85. The van der Waals surface area contributed by atoms with Gasteiger partial charge in [-0.05, 0) is 41.4 Å². The largest absolute Gasteiger partial charge is 0.414 e. The molecule has 0 saturated heterocycles. The summed E-state index contributed by atoms with van der Waals surface area (Å²) < 4.78 is 40.1. The number of alkyl halides is 3. The smallest absolute Gasteiger partial charge is 0.404 e. The summed E-state index contributed by atoms with van der Waals surface area (Å²) in [6.07, 6.45) is 0.913. The molecule has 0 aromatic heterocycles. The second-order valence-electron chi connectivity index (χ2n) is 10.5. The molecule has 1 atom stereocenters. The van der Waals surface area contributed by atoms with Crippen LogP contribution in [0.25, 0.3) is 0 Å². The lowest BCUT2D eigenvalue weighted by Gasteiger charge is -2.41. The van der Waals surface area contributed by atoms with Crippen LogP contribution in [0.5, 0.6) is 0 Å². The molecular weight excluding hydrogens is 399 g/mol. The number of hydrogen-bond donors (Lipinski definition) is 2. The molecule has 0 spiro atoms. The molecule has 0 amide bonds. The highest BCUT2D eigenvalue weighted by molar-refractivity contribution is 5.58. The first-order valence-corrected chi connectivity index (χ1v) is 10.6. The van der Waals surface area contributed by atoms with Crippen molar-refractivity contribution in [1.82, 2.24) is 0 Å². The van der Waals surface area contributed by atoms with E-state index in [1.807, 2.05) is 29.2 Å². The molecule has 0 saturated carbocycles. The van der Waals surface area contributed by atoms with Crippen LogP contribution in [0, 0.1) is 5.41 Å². The van der Waals surface area contributed by atoms with Crippen LogP contribution in [0.3, 0.4) is 0 Å². The minimum absolute atomic E-state index is 0.0160. The summed E-state index contributed by atoms with van der Waals surface area (Å²) in [5, 5.41) is 0. The van der Waals surface area contributed by atoms with Crippen molar-refractivity contribution in [3.05, 3.63) is 65.1 Å². The molecule has 0 radical (unpaired) electrons. The maximum atomic E-state index is 13.4. The Morgan fingerprint density at radius 3 is 1.94 bits per heavy atom. The van der Waals surface area contributed by atoms with Crippen molar-refractivity contribution in [2.45, 2.75) is 78.4 Å². The normalized spacial score (nSPS) is 18.5. The van der Waals surface area contributed by atoms with E-state index in [0.29, 0.717) is 11.9 Å². The van der Waals surface area contributed by atoms with E-state index in [2.05, 4.69) is 47.6 Å². The van der Waals surface area contributed by atoms with Crippen molar-refractivity contribution in [2.75, 3.05) is 4.90 Å². The molecule has 1 unspecified atom stereocenters. The van der Waals surface area contributed by atoms with Crippen molar-refractivity contribution in [3.8, 4) is 0 Å². The van der Waals surface area contributed by atoms with Gasteiger partial charge >= 0.3 is 6.18 Å². The summed E-state index contributed by atoms with van der Waals surface area (Å²) in [6.45, 7) is 12.9. The molecule has 6 heteroatoms. The lowest BCUT2D eigenvalue weighted by Crippen LogP contribution is -2.39. The van der Waals surface area contributed by atoms with Gasteiger partial charge in [0, 0.05) is 30.2 Å². The van der Waals surface area contributed by atoms with E-state index < -0.39 is 11.7 Å². The first-order valence-electron chi connectivity index (χ1n) is 10.6. The second kappa shape index (κ2) is 9.01. The Hall–Kier alpha value is -2.37. The van der Waals surface area contributed by atoms with Crippen LogP contribution in [-0.4, -0.2) is 12.2 Å². The average Bonchev–Trinajstić information content (AvgIpc) is 2.59. The number of allylic oxidation sites excluding steroid dienone is 1. The van der Waals surface area contributed by atoms with Crippen LogP contribution >= 0.6 is 0 Å². The van der Waals surface area contributed by atoms with Crippen molar-refractivity contribution in [3.63, 3.8) is 0 Å². The van der Waals surface area contributed by atoms with Gasteiger partial charge < -0.3 is 16.4 Å². The van der Waals surface area contributed by atoms with Gasteiger partial charge in [-0.3, -0.25) is 0 Å². The van der Waals surface area contributed by atoms with Gasteiger partial charge in [0.05, 0.1) is 11.6 Å². The van der Waals surface area contributed by atoms with Crippen LogP contribution in [0.4, 0.5) is 18.9 Å². The summed E-state index contributed by atoms with van der Waals surface area (Å²) in [6, 6.07) is 7.93. The fraction of sp³-hybridized carbons (Fsp3) is 0.520. The Bertz CT molecular complexity index is 848. The van der Waals surface area contributed by atoms with Crippen molar-refractivity contribution < 1.29 is 13.2 Å². The van der Waals surface area contributed by atoms with Gasteiger partial charge in [-0.1, -0.05) is 65.3 Å². The van der Waals surface area contributed by atoms with Gasteiger partial charge in [0.15, 0.2) is 0 Å². The molecular formula is C25H36F3N3. The third kappa shape index (κ3) is 6.55. The Kier molecular flexibility index (Phi) is 7.24. The zero-order valence-electron chi connectivity index (χ0n) is 19.5. The van der Waals surface area contributed by atoms with Crippen LogP contribution < -0.4 is 16.4 Å². The van der Waals surface area contributed by atoms with Gasteiger partial charge in [-0.15, -0.1) is 0 Å².